The molecule has 0 fully saturated rings. The van der Waals surface area contributed by atoms with Gasteiger partial charge in [-0.1, -0.05) is 0 Å². The van der Waals surface area contributed by atoms with Gasteiger partial charge in [-0.2, -0.15) is 0 Å². The van der Waals surface area contributed by atoms with E-state index in [1.54, 1.807) is 23.7 Å². The van der Waals surface area contributed by atoms with Crippen LogP contribution in [0, 0.1) is 0 Å². The number of hydrogen-bond acceptors (Lipinski definition) is 3. The molecule has 0 amide bonds. The van der Waals surface area contributed by atoms with Crippen molar-refractivity contribution in [1.29, 1.82) is 0 Å². The molecule has 1 N–H and O–H groups in total. The molecule has 0 aliphatic carbocycles. The highest BCUT2D eigenvalue weighted by Gasteiger charge is 2.09. The molecule has 0 unspecified atom stereocenters. The van der Waals surface area contributed by atoms with E-state index in [0.717, 1.165) is 0 Å². The van der Waals surface area contributed by atoms with Crippen LogP contribution in [-0.2, 0) is 4.74 Å². The summed E-state index contributed by atoms with van der Waals surface area (Å²) in [7, 11) is 0. The first-order valence-corrected chi connectivity index (χ1v) is 4.59. The Kier molecular flexibility index (Phi) is 2.29. The van der Waals surface area contributed by atoms with E-state index in [2.05, 4.69) is 4.98 Å². The smallest absolute Gasteiger partial charge is 0.356 e. The van der Waals surface area contributed by atoms with Gasteiger partial charge in [-0.15, -0.1) is 0 Å². The molecule has 2 heterocycles. The lowest BCUT2D eigenvalue weighted by atomic mass is 10.5. The largest absolute Gasteiger partial charge is 0.461 e. The molecule has 0 radical (unpaired) electrons. The molecule has 0 aliphatic heterocycles. The predicted octanol–water partition coefficient (Wildman–Crippen LogP) is 0.804. The van der Waals surface area contributed by atoms with Gasteiger partial charge in [0, 0.05) is 24.5 Å². The molecular weight excluding hydrogens is 196 g/mol. The number of fused-ring (bicyclic) bond motifs is 1. The van der Waals surface area contributed by atoms with Gasteiger partial charge in [-0.3, -0.25) is 4.79 Å². The Hall–Kier alpha value is -2.04. The summed E-state index contributed by atoms with van der Waals surface area (Å²) in [5.74, 6) is -0.423. The molecule has 0 bridgehead atoms. The zero-order chi connectivity index (χ0) is 10.8. The number of esters is 1. The molecule has 2 aromatic heterocycles. The van der Waals surface area contributed by atoms with E-state index in [1.807, 2.05) is 0 Å². The van der Waals surface area contributed by atoms with E-state index in [9.17, 15) is 9.59 Å². The van der Waals surface area contributed by atoms with Crippen molar-refractivity contribution in [2.24, 2.45) is 0 Å². The van der Waals surface area contributed by atoms with Gasteiger partial charge in [0.05, 0.1) is 6.61 Å². The van der Waals surface area contributed by atoms with E-state index >= 15 is 0 Å². The highest BCUT2D eigenvalue weighted by molar-refractivity contribution is 5.87. The minimum atomic E-state index is -0.423. The number of ether oxygens (including phenoxy) is 1. The number of carbonyl (C=O) groups is 1. The fourth-order valence-corrected chi connectivity index (χ4v) is 1.33. The normalized spacial score (nSPS) is 10.5. The van der Waals surface area contributed by atoms with Crippen molar-refractivity contribution in [2.45, 2.75) is 6.92 Å². The van der Waals surface area contributed by atoms with Crippen LogP contribution in [0.25, 0.3) is 5.65 Å². The van der Waals surface area contributed by atoms with E-state index in [4.69, 9.17) is 4.74 Å². The van der Waals surface area contributed by atoms with Crippen molar-refractivity contribution in [3.05, 3.63) is 40.4 Å². The van der Waals surface area contributed by atoms with E-state index < -0.39 is 5.97 Å². The molecule has 2 aromatic rings. The Balaban J connectivity index is 2.47. The summed E-state index contributed by atoms with van der Waals surface area (Å²) in [6.45, 7) is 2.06. The molecule has 5 nitrogen and oxygen atoms in total. The summed E-state index contributed by atoms with van der Waals surface area (Å²) >= 11 is 0. The van der Waals surface area contributed by atoms with Crippen LogP contribution in [0.4, 0.5) is 0 Å². The Bertz CT molecular complexity index is 553. The van der Waals surface area contributed by atoms with Crippen LogP contribution < -0.4 is 5.43 Å². The van der Waals surface area contributed by atoms with Gasteiger partial charge >= 0.3 is 5.97 Å². The first-order valence-electron chi connectivity index (χ1n) is 4.59. The van der Waals surface area contributed by atoms with Crippen molar-refractivity contribution >= 4 is 11.6 Å². The van der Waals surface area contributed by atoms with Crippen molar-refractivity contribution in [3.8, 4) is 0 Å². The van der Waals surface area contributed by atoms with E-state index in [0.29, 0.717) is 17.9 Å². The maximum atomic E-state index is 11.4. The van der Waals surface area contributed by atoms with Gasteiger partial charge < -0.3 is 14.1 Å². The number of pyridine rings is 1. The van der Waals surface area contributed by atoms with Gasteiger partial charge in [0.25, 0.3) is 0 Å². The van der Waals surface area contributed by atoms with Crippen LogP contribution in [0.15, 0.2) is 29.3 Å². The second-order valence-corrected chi connectivity index (χ2v) is 3.04. The fourth-order valence-electron chi connectivity index (χ4n) is 1.33. The number of aromatic nitrogens is 2. The number of imidazole rings is 1. The average Bonchev–Trinajstić information content (AvgIpc) is 2.60. The van der Waals surface area contributed by atoms with Crippen molar-refractivity contribution < 1.29 is 9.53 Å². The summed E-state index contributed by atoms with van der Waals surface area (Å²) in [5, 5.41) is 0. The van der Waals surface area contributed by atoms with Gasteiger partial charge in [0.15, 0.2) is 5.43 Å². The molecule has 0 aromatic carbocycles. The van der Waals surface area contributed by atoms with Crippen LogP contribution >= 0.6 is 0 Å². The minimum Gasteiger partial charge on any atom is -0.461 e. The van der Waals surface area contributed by atoms with Crippen LogP contribution in [0.1, 0.15) is 17.4 Å². The molecule has 15 heavy (non-hydrogen) atoms. The zero-order valence-electron chi connectivity index (χ0n) is 8.19. The average molecular weight is 206 g/mol. The highest BCUT2D eigenvalue weighted by atomic mass is 16.5. The predicted molar refractivity (Wildman–Crippen MR) is 54.0 cm³/mol. The topological polar surface area (TPSA) is 63.6 Å². The van der Waals surface area contributed by atoms with E-state index in [1.165, 1.54) is 12.1 Å². The van der Waals surface area contributed by atoms with Crippen molar-refractivity contribution in [1.82, 2.24) is 9.38 Å². The number of aromatic amines is 1. The van der Waals surface area contributed by atoms with Crippen LogP contribution in [0.3, 0.4) is 0 Å². The van der Waals surface area contributed by atoms with Gasteiger partial charge in [0.2, 0.25) is 0 Å². The summed E-state index contributed by atoms with van der Waals surface area (Å²) in [5.41, 5.74) is 0.806. The Morgan fingerprint density at radius 3 is 3.13 bits per heavy atom. The fraction of sp³-hybridized carbons (Fsp3) is 0.200. The standard InChI is InChI=1S/C10H10N2O3/c1-2-15-10(14)8-6-12-4-3-7(13)5-9(12)11-8/h3-6,11H,2H2,1H3. The molecule has 2 rings (SSSR count). The van der Waals surface area contributed by atoms with Crippen molar-refractivity contribution in [3.63, 3.8) is 0 Å². The molecule has 0 saturated carbocycles. The lowest BCUT2D eigenvalue weighted by Crippen LogP contribution is -2.04. The highest BCUT2D eigenvalue weighted by Crippen LogP contribution is 2.03. The molecular formula is C10H10N2O3. The molecule has 0 saturated heterocycles. The summed E-state index contributed by atoms with van der Waals surface area (Å²) < 4.78 is 6.49. The molecule has 0 atom stereocenters. The van der Waals surface area contributed by atoms with Crippen LogP contribution in [0.5, 0.6) is 0 Å². The number of carbonyl (C=O) groups excluding carboxylic acids is 1. The number of nitrogens with zero attached hydrogens (tertiary/aromatic N) is 1. The number of nitrogens with one attached hydrogen (secondary N) is 1. The number of rotatable bonds is 2. The Morgan fingerprint density at radius 1 is 1.60 bits per heavy atom. The molecule has 0 spiro atoms. The number of hydrogen-bond donors (Lipinski definition) is 1. The maximum absolute atomic E-state index is 11.4. The Labute approximate surface area is 85.3 Å². The third-order valence-corrected chi connectivity index (χ3v) is 1.98. The molecule has 0 aliphatic rings. The van der Waals surface area contributed by atoms with Gasteiger partial charge in [-0.05, 0) is 6.92 Å². The second kappa shape index (κ2) is 3.61. The van der Waals surface area contributed by atoms with Crippen LogP contribution in [-0.4, -0.2) is 22.0 Å². The zero-order valence-corrected chi connectivity index (χ0v) is 8.19. The summed E-state index contributed by atoms with van der Waals surface area (Å²) in [6, 6.07) is 2.85. The maximum Gasteiger partial charge on any atom is 0.356 e. The first kappa shape index (κ1) is 9.51. The van der Waals surface area contributed by atoms with Crippen LogP contribution in [0.2, 0.25) is 0 Å². The van der Waals surface area contributed by atoms with Crippen molar-refractivity contribution in [2.75, 3.05) is 6.61 Å². The lowest BCUT2D eigenvalue weighted by molar-refractivity contribution is 0.0520. The van der Waals surface area contributed by atoms with Gasteiger partial charge in [0.1, 0.15) is 11.3 Å². The minimum absolute atomic E-state index is 0.104. The monoisotopic (exact) mass is 206 g/mol. The third kappa shape index (κ3) is 1.76. The summed E-state index contributed by atoms with van der Waals surface area (Å²) in [6.07, 6.45) is 3.18. The molecule has 5 heteroatoms. The van der Waals surface area contributed by atoms with Gasteiger partial charge in [-0.25, -0.2) is 4.79 Å². The van der Waals surface area contributed by atoms with E-state index in [-0.39, 0.29) is 5.43 Å². The third-order valence-electron chi connectivity index (χ3n) is 1.98. The quantitative estimate of drug-likeness (QED) is 0.739. The lowest BCUT2D eigenvalue weighted by Gasteiger charge is -1.95. The second-order valence-electron chi connectivity index (χ2n) is 3.04. The summed E-state index contributed by atoms with van der Waals surface area (Å²) in [4.78, 5) is 25.2. The molecule has 78 valence electrons. The first-order chi connectivity index (χ1) is 7.20. The number of H-pyrrole nitrogens is 1. The SMILES string of the molecule is CCOC(=O)c1cn2ccc(=O)cc2[nH]1. The Morgan fingerprint density at radius 2 is 2.40 bits per heavy atom.